The summed E-state index contributed by atoms with van der Waals surface area (Å²) in [5.41, 5.74) is 1.97. The largest absolute Gasteiger partial charge is 0.489 e. The Hall–Kier alpha value is -3.97. The van der Waals surface area contributed by atoms with Gasteiger partial charge in [0.05, 0.1) is 15.5 Å². The minimum absolute atomic E-state index is 0.00682. The molecular formula is C23H15ClN2O5. The van der Waals surface area contributed by atoms with Gasteiger partial charge in [-0.25, -0.2) is 9.79 Å². The Balaban J connectivity index is 1.54. The Bertz CT molecular complexity index is 1220. The van der Waals surface area contributed by atoms with E-state index in [0.29, 0.717) is 23.5 Å². The fraction of sp³-hybridized carbons (Fsp3) is 0.0435. The third-order valence-corrected chi connectivity index (χ3v) is 4.74. The quantitative estimate of drug-likeness (QED) is 0.231. The van der Waals surface area contributed by atoms with Crippen LogP contribution in [0.5, 0.6) is 5.75 Å². The fourth-order valence-electron chi connectivity index (χ4n) is 2.91. The molecule has 0 atom stereocenters. The van der Waals surface area contributed by atoms with Crippen LogP contribution in [-0.4, -0.2) is 16.8 Å². The average molecular weight is 435 g/mol. The highest BCUT2D eigenvalue weighted by Gasteiger charge is 2.26. The standard InChI is InChI=1S/C23H15ClN2O5/c24-20-13-17(26(28)29)9-10-19(20)22-25-21(23(27)31-22)12-16-7-4-8-18(11-16)30-14-15-5-2-1-3-6-15/h1-13H,14H2/b21-12-. The Morgan fingerprint density at radius 1 is 1.06 bits per heavy atom. The lowest BCUT2D eigenvalue weighted by Crippen LogP contribution is -2.06. The van der Waals surface area contributed by atoms with Crippen LogP contribution in [0.3, 0.4) is 0 Å². The first-order valence-corrected chi connectivity index (χ1v) is 9.61. The second-order valence-corrected chi connectivity index (χ2v) is 7.01. The number of non-ortho nitro benzene ring substituents is 1. The predicted molar refractivity (Wildman–Crippen MR) is 116 cm³/mol. The summed E-state index contributed by atoms with van der Waals surface area (Å²) in [5, 5.41) is 10.9. The number of esters is 1. The SMILES string of the molecule is O=C1OC(c2ccc([N+](=O)[O-])cc2Cl)=N/C1=C\c1cccc(OCc2ccccc2)c1. The maximum Gasteiger partial charge on any atom is 0.363 e. The van der Waals surface area contributed by atoms with Crippen LogP contribution < -0.4 is 4.74 Å². The van der Waals surface area contributed by atoms with Gasteiger partial charge >= 0.3 is 5.97 Å². The van der Waals surface area contributed by atoms with Gasteiger partial charge in [0.1, 0.15) is 12.4 Å². The van der Waals surface area contributed by atoms with Crippen LogP contribution in [-0.2, 0) is 16.1 Å². The first-order chi connectivity index (χ1) is 15.0. The summed E-state index contributed by atoms with van der Waals surface area (Å²) in [6.07, 6.45) is 1.57. The predicted octanol–water partition coefficient (Wildman–Crippen LogP) is 5.17. The number of hydrogen-bond acceptors (Lipinski definition) is 6. The monoisotopic (exact) mass is 434 g/mol. The van der Waals surface area contributed by atoms with Crippen LogP contribution >= 0.6 is 11.6 Å². The number of hydrogen-bond donors (Lipinski definition) is 0. The smallest absolute Gasteiger partial charge is 0.363 e. The third-order valence-electron chi connectivity index (χ3n) is 4.42. The number of ether oxygens (including phenoxy) is 2. The number of halogens is 1. The van der Waals surface area contributed by atoms with Gasteiger partial charge in [-0.15, -0.1) is 0 Å². The minimum atomic E-state index is -0.639. The van der Waals surface area contributed by atoms with E-state index in [1.165, 1.54) is 18.2 Å². The van der Waals surface area contributed by atoms with Gasteiger partial charge in [-0.3, -0.25) is 10.1 Å². The molecular weight excluding hydrogens is 420 g/mol. The summed E-state index contributed by atoms with van der Waals surface area (Å²) in [5.74, 6) is -0.000148. The van der Waals surface area contributed by atoms with Crippen molar-refractivity contribution in [1.82, 2.24) is 0 Å². The van der Waals surface area contributed by atoms with Gasteiger partial charge in [-0.05, 0) is 35.4 Å². The Morgan fingerprint density at radius 3 is 2.61 bits per heavy atom. The summed E-state index contributed by atoms with van der Waals surface area (Å²) >= 11 is 6.10. The van der Waals surface area contributed by atoms with Crippen molar-refractivity contribution in [2.24, 2.45) is 4.99 Å². The highest BCUT2D eigenvalue weighted by molar-refractivity contribution is 6.34. The molecule has 0 amide bonds. The van der Waals surface area contributed by atoms with E-state index in [-0.39, 0.29) is 22.3 Å². The number of nitro groups is 1. The molecule has 3 aromatic carbocycles. The lowest BCUT2D eigenvalue weighted by molar-refractivity contribution is -0.384. The molecule has 0 spiro atoms. The summed E-state index contributed by atoms with van der Waals surface area (Å²) in [6, 6.07) is 20.8. The fourth-order valence-corrected chi connectivity index (χ4v) is 3.16. The van der Waals surface area contributed by atoms with Gasteiger partial charge in [0.2, 0.25) is 5.90 Å². The number of carbonyl (C=O) groups is 1. The minimum Gasteiger partial charge on any atom is -0.489 e. The zero-order valence-electron chi connectivity index (χ0n) is 16.0. The number of aliphatic imine (C=N–C) groups is 1. The molecule has 7 nitrogen and oxygen atoms in total. The number of nitro benzene ring substituents is 1. The molecule has 0 aliphatic carbocycles. The molecule has 4 rings (SSSR count). The van der Waals surface area contributed by atoms with Crippen molar-refractivity contribution in [3.8, 4) is 5.75 Å². The van der Waals surface area contributed by atoms with Crippen LogP contribution in [0.1, 0.15) is 16.7 Å². The molecule has 0 fully saturated rings. The van der Waals surface area contributed by atoms with Gasteiger partial charge in [0, 0.05) is 12.1 Å². The Kier molecular flexibility index (Phi) is 5.77. The number of benzene rings is 3. The van der Waals surface area contributed by atoms with E-state index in [4.69, 9.17) is 21.1 Å². The second-order valence-electron chi connectivity index (χ2n) is 6.60. The highest BCUT2D eigenvalue weighted by Crippen LogP contribution is 2.27. The first-order valence-electron chi connectivity index (χ1n) is 9.23. The van der Waals surface area contributed by atoms with Gasteiger partial charge < -0.3 is 9.47 Å². The molecule has 1 aliphatic rings. The average Bonchev–Trinajstić information content (AvgIpc) is 3.13. The molecule has 154 valence electrons. The summed E-state index contributed by atoms with van der Waals surface area (Å²) < 4.78 is 11.0. The molecule has 0 aromatic heterocycles. The van der Waals surface area contributed by atoms with Gasteiger partial charge in [0.25, 0.3) is 5.69 Å². The van der Waals surface area contributed by atoms with Crippen molar-refractivity contribution >= 4 is 35.2 Å². The number of nitrogens with zero attached hydrogens (tertiary/aromatic N) is 2. The molecule has 1 heterocycles. The van der Waals surface area contributed by atoms with Crippen LogP contribution in [0.4, 0.5) is 5.69 Å². The second kappa shape index (κ2) is 8.81. The topological polar surface area (TPSA) is 91.0 Å². The van der Waals surface area contributed by atoms with Crippen molar-refractivity contribution < 1.29 is 19.2 Å². The number of rotatable bonds is 6. The molecule has 0 bridgehead atoms. The van der Waals surface area contributed by atoms with Crippen molar-refractivity contribution in [1.29, 1.82) is 0 Å². The summed E-state index contributed by atoms with van der Waals surface area (Å²) in [6.45, 7) is 0.420. The molecule has 0 unspecified atom stereocenters. The van der Waals surface area contributed by atoms with Crippen LogP contribution in [0.2, 0.25) is 5.02 Å². The molecule has 31 heavy (non-hydrogen) atoms. The highest BCUT2D eigenvalue weighted by atomic mass is 35.5. The van der Waals surface area contributed by atoms with Gasteiger partial charge in [-0.1, -0.05) is 54.1 Å². The number of carbonyl (C=O) groups excluding carboxylic acids is 1. The lowest BCUT2D eigenvalue weighted by Gasteiger charge is -2.07. The number of cyclic esters (lactones) is 1. The van der Waals surface area contributed by atoms with Crippen LogP contribution in [0, 0.1) is 10.1 Å². The molecule has 0 N–H and O–H groups in total. The van der Waals surface area contributed by atoms with E-state index in [9.17, 15) is 14.9 Å². The summed E-state index contributed by atoms with van der Waals surface area (Å²) in [4.78, 5) is 26.8. The molecule has 0 radical (unpaired) electrons. The summed E-state index contributed by atoms with van der Waals surface area (Å²) in [7, 11) is 0. The van der Waals surface area contributed by atoms with Gasteiger partial charge in [0.15, 0.2) is 5.70 Å². The van der Waals surface area contributed by atoms with E-state index in [1.54, 1.807) is 12.1 Å². The van der Waals surface area contributed by atoms with Gasteiger partial charge in [-0.2, -0.15) is 0 Å². The molecule has 0 saturated carbocycles. The van der Waals surface area contributed by atoms with Crippen molar-refractivity contribution in [3.05, 3.63) is 110 Å². The Labute approximate surface area is 182 Å². The lowest BCUT2D eigenvalue weighted by atomic mass is 10.2. The van der Waals surface area contributed by atoms with Crippen LogP contribution in [0.15, 0.2) is 83.5 Å². The van der Waals surface area contributed by atoms with Crippen molar-refractivity contribution in [2.45, 2.75) is 6.61 Å². The molecule has 3 aromatic rings. The van der Waals surface area contributed by atoms with Crippen molar-refractivity contribution in [2.75, 3.05) is 0 Å². The normalized spacial score (nSPS) is 14.3. The molecule has 8 heteroatoms. The van der Waals surface area contributed by atoms with Crippen LogP contribution in [0.25, 0.3) is 6.08 Å². The maximum absolute atomic E-state index is 12.3. The zero-order valence-corrected chi connectivity index (χ0v) is 16.8. The zero-order chi connectivity index (χ0) is 21.8. The molecule has 0 saturated heterocycles. The van der Waals surface area contributed by atoms with E-state index in [2.05, 4.69) is 4.99 Å². The van der Waals surface area contributed by atoms with E-state index in [0.717, 1.165) is 5.56 Å². The van der Waals surface area contributed by atoms with E-state index < -0.39 is 10.9 Å². The van der Waals surface area contributed by atoms with E-state index in [1.807, 2.05) is 48.5 Å². The third kappa shape index (κ3) is 4.79. The van der Waals surface area contributed by atoms with Crippen molar-refractivity contribution in [3.63, 3.8) is 0 Å². The maximum atomic E-state index is 12.3. The Morgan fingerprint density at radius 2 is 1.87 bits per heavy atom. The molecule has 1 aliphatic heterocycles. The first kappa shape index (κ1) is 20.3. The van der Waals surface area contributed by atoms with E-state index >= 15 is 0 Å².